The van der Waals surface area contributed by atoms with Crippen LogP contribution in [-0.2, 0) is 6.54 Å². The maximum Gasteiger partial charge on any atom is 0.133 e. The molecule has 1 aliphatic heterocycles. The highest BCUT2D eigenvalue weighted by atomic mass is 35.5. The molecule has 17 heavy (non-hydrogen) atoms. The lowest BCUT2D eigenvalue weighted by atomic mass is 9.96. The zero-order valence-electron chi connectivity index (χ0n) is 10.3. The first kappa shape index (κ1) is 12.8. The van der Waals surface area contributed by atoms with Crippen LogP contribution in [0.25, 0.3) is 0 Å². The van der Waals surface area contributed by atoms with Gasteiger partial charge in [0.1, 0.15) is 5.15 Å². The van der Waals surface area contributed by atoms with Crippen LogP contribution >= 0.6 is 11.6 Å². The average molecular weight is 254 g/mol. The fourth-order valence-electron chi connectivity index (χ4n) is 2.61. The molecule has 0 aliphatic carbocycles. The summed E-state index contributed by atoms with van der Waals surface area (Å²) in [5.41, 5.74) is 6.96. The molecule has 3 nitrogen and oxygen atoms in total. The minimum atomic E-state index is 0.482. The largest absolute Gasteiger partial charge is 0.329 e. The molecule has 2 heterocycles. The van der Waals surface area contributed by atoms with Crippen LogP contribution in [0.5, 0.6) is 0 Å². The number of hydrogen-bond donors (Lipinski definition) is 1. The first-order chi connectivity index (χ1) is 8.22. The lowest BCUT2D eigenvalue weighted by molar-refractivity contribution is 0.0891. The summed E-state index contributed by atoms with van der Waals surface area (Å²) in [5, 5.41) is 0.612. The molecule has 0 saturated carbocycles. The molecular formula is C13H20ClN3. The average Bonchev–Trinajstić information content (AvgIpc) is 2.34. The molecule has 1 aromatic heterocycles. The predicted octanol–water partition coefficient (Wildman–Crippen LogP) is 2.44. The van der Waals surface area contributed by atoms with Gasteiger partial charge in [-0.2, -0.15) is 0 Å². The molecule has 0 spiro atoms. The zero-order valence-corrected chi connectivity index (χ0v) is 11.0. The van der Waals surface area contributed by atoms with Crippen LogP contribution in [0.3, 0.4) is 0 Å². The molecule has 1 fully saturated rings. The Morgan fingerprint density at radius 2 is 2.35 bits per heavy atom. The number of pyridine rings is 1. The Balaban J connectivity index is 2.12. The minimum Gasteiger partial charge on any atom is -0.329 e. The van der Waals surface area contributed by atoms with Crippen molar-refractivity contribution in [1.82, 2.24) is 9.88 Å². The number of rotatable bonds is 3. The van der Waals surface area contributed by atoms with Gasteiger partial charge in [-0.05, 0) is 25.8 Å². The quantitative estimate of drug-likeness (QED) is 0.842. The van der Waals surface area contributed by atoms with Crippen LogP contribution in [0.2, 0.25) is 5.15 Å². The standard InChI is InChI=1S/C13H20ClN3/c1-10-4-2-6-12(8-15)17(10)9-11-5-3-7-16-13(11)14/h3,5,7,10,12H,2,4,6,8-9,15H2,1H3. The summed E-state index contributed by atoms with van der Waals surface area (Å²) in [4.78, 5) is 6.59. The molecular weight excluding hydrogens is 234 g/mol. The molecule has 1 aromatic rings. The molecule has 2 rings (SSSR count). The van der Waals surface area contributed by atoms with E-state index in [-0.39, 0.29) is 0 Å². The van der Waals surface area contributed by atoms with Gasteiger partial charge in [0.25, 0.3) is 0 Å². The summed E-state index contributed by atoms with van der Waals surface area (Å²) in [7, 11) is 0. The summed E-state index contributed by atoms with van der Waals surface area (Å²) in [6, 6.07) is 5.04. The fraction of sp³-hybridized carbons (Fsp3) is 0.615. The van der Waals surface area contributed by atoms with Crippen molar-refractivity contribution in [2.45, 2.75) is 44.8 Å². The summed E-state index contributed by atoms with van der Waals surface area (Å²) in [5.74, 6) is 0. The van der Waals surface area contributed by atoms with Gasteiger partial charge in [-0.25, -0.2) is 4.98 Å². The normalized spacial score (nSPS) is 26.1. The van der Waals surface area contributed by atoms with Crippen molar-refractivity contribution in [1.29, 1.82) is 0 Å². The zero-order chi connectivity index (χ0) is 12.3. The second-order valence-electron chi connectivity index (χ2n) is 4.80. The number of nitrogens with zero attached hydrogens (tertiary/aromatic N) is 2. The molecule has 2 unspecified atom stereocenters. The number of piperidine rings is 1. The molecule has 0 radical (unpaired) electrons. The SMILES string of the molecule is CC1CCCC(CN)N1Cc1cccnc1Cl. The van der Waals surface area contributed by atoms with Crippen molar-refractivity contribution < 1.29 is 0 Å². The number of halogens is 1. The molecule has 0 aromatic carbocycles. The number of aromatic nitrogens is 1. The van der Waals surface area contributed by atoms with Gasteiger partial charge in [0, 0.05) is 36.9 Å². The smallest absolute Gasteiger partial charge is 0.133 e. The van der Waals surface area contributed by atoms with Crippen molar-refractivity contribution >= 4 is 11.6 Å². The molecule has 0 bridgehead atoms. The third-order valence-corrected chi connectivity index (χ3v) is 4.00. The molecule has 1 saturated heterocycles. The topological polar surface area (TPSA) is 42.1 Å². The van der Waals surface area contributed by atoms with Gasteiger partial charge in [0.2, 0.25) is 0 Å². The summed E-state index contributed by atoms with van der Waals surface area (Å²) in [6.07, 6.45) is 5.44. The van der Waals surface area contributed by atoms with E-state index in [0.29, 0.717) is 17.2 Å². The van der Waals surface area contributed by atoms with Crippen molar-refractivity contribution in [3.63, 3.8) is 0 Å². The first-order valence-corrected chi connectivity index (χ1v) is 6.65. The minimum absolute atomic E-state index is 0.482. The van der Waals surface area contributed by atoms with Gasteiger partial charge in [0.15, 0.2) is 0 Å². The van der Waals surface area contributed by atoms with Gasteiger partial charge < -0.3 is 5.73 Å². The van der Waals surface area contributed by atoms with E-state index in [1.807, 2.05) is 12.1 Å². The van der Waals surface area contributed by atoms with Crippen LogP contribution in [0.4, 0.5) is 0 Å². The van der Waals surface area contributed by atoms with Gasteiger partial charge in [-0.3, -0.25) is 4.90 Å². The molecule has 2 N–H and O–H groups in total. The van der Waals surface area contributed by atoms with E-state index >= 15 is 0 Å². The predicted molar refractivity (Wildman–Crippen MR) is 70.9 cm³/mol. The highest BCUT2D eigenvalue weighted by Gasteiger charge is 2.27. The van der Waals surface area contributed by atoms with Crippen molar-refractivity contribution in [2.24, 2.45) is 5.73 Å². The van der Waals surface area contributed by atoms with Gasteiger partial charge in [-0.1, -0.05) is 24.1 Å². The molecule has 94 valence electrons. The Morgan fingerprint density at radius 3 is 3.06 bits per heavy atom. The van der Waals surface area contributed by atoms with Crippen LogP contribution < -0.4 is 5.73 Å². The highest BCUT2D eigenvalue weighted by molar-refractivity contribution is 6.30. The Bertz CT molecular complexity index is 369. The Labute approximate surface area is 108 Å². The van der Waals surface area contributed by atoms with Crippen molar-refractivity contribution in [3.8, 4) is 0 Å². The maximum absolute atomic E-state index is 6.11. The fourth-order valence-corrected chi connectivity index (χ4v) is 2.79. The summed E-state index contributed by atoms with van der Waals surface area (Å²) >= 11 is 6.11. The maximum atomic E-state index is 6.11. The monoisotopic (exact) mass is 253 g/mol. The van der Waals surface area contributed by atoms with E-state index in [1.54, 1.807) is 6.20 Å². The van der Waals surface area contributed by atoms with Crippen LogP contribution in [0.1, 0.15) is 31.7 Å². The van der Waals surface area contributed by atoms with Crippen LogP contribution in [0, 0.1) is 0 Å². The van der Waals surface area contributed by atoms with E-state index in [9.17, 15) is 0 Å². The van der Waals surface area contributed by atoms with Crippen molar-refractivity contribution in [3.05, 3.63) is 29.0 Å². The highest BCUT2D eigenvalue weighted by Crippen LogP contribution is 2.25. The first-order valence-electron chi connectivity index (χ1n) is 6.27. The Kier molecular flexibility index (Phi) is 4.37. The molecule has 4 heteroatoms. The number of likely N-dealkylation sites (tertiary alicyclic amines) is 1. The molecule has 0 amide bonds. The second kappa shape index (κ2) is 5.80. The van der Waals surface area contributed by atoms with Gasteiger partial charge in [0.05, 0.1) is 0 Å². The summed E-state index contributed by atoms with van der Waals surface area (Å²) < 4.78 is 0. The summed E-state index contributed by atoms with van der Waals surface area (Å²) in [6.45, 7) is 3.85. The lowest BCUT2D eigenvalue weighted by Crippen LogP contribution is -2.48. The lowest BCUT2D eigenvalue weighted by Gasteiger charge is -2.40. The second-order valence-corrected chi connectivity index (χ2v) is 5.15. The molecule has 2 atom stereocenters. The molecule has 1 aliphatic rings. The third kappa shape index (κ3) is 2.97. The van der Waals surface area contributed by atoms with Crippen molar-refractivity contribution in [2.75, 3.05) is 6.54 Å². The van der Waals surface area contributed by atoms with E-state index in [2.05, 4.69) is 16.8 Å². The van der Waals surface area contributed by atoms with E-state index < -0.39 is 0 Å². The van der Waals surface area contributed by atoms with Crippen LogP contribution in [0.15, 0.2) is 18.3 Å². The van der Waals surface area contributed by atoms with E-state index in [0.717, 1.165) is 18.7 Å². The Hall–Kier alpha value is -0.640. The van der Waals surface area contributed by atoms with E-state index in [4.69, 9.17) is 17.3 Å². The third-order valence-electron chi connectivity index (χ3n) is 3.66. The van der Waals surface area contributed by atoms with Crippen LogP contribution in [-0.4, -0.2) is 28.5 Å². The van der Waals surface area contributed by atoms with Gasteiger partial charge in [-0.15, -0.1) is 0 Å². The number of hydrogen-bond acceptors (Lipinski definition) is 3. The number of nitrogens with two attached hydrogens (primary N) is 1. The Morgan fingerprint density at radius 1 is 1.53 bits per heavy atom. The van der Waals surface area contributed by atoms with E-state index in [1.165, 1.54) is 19.3 Å². The van der Waals surface area contributed by atoms with Gasteiger partial charge >= 0.3 is 0 Å².